The van der Waals surface area contributed by atoms with Gasteiger partial charge in [-0.25, -0.2) is 0 Å². The molecule has 4 rings (SSSR count). The number of nitrogens with one attached hydrogen (secondary N) is 1. The number of likely N-dealkylation sites (tertiary alicyclic amines) is 1. The van der Waals surface area contributed by atoms with Crippen molar-refractivity contribution in [2.75, 3.05) is 26.7 Å². The van der Waals surface area contributed by atoms with Crippen molar-refractivity contribution in [3.63, 3.8) is 0 Å². The van der Waals surface area contributed by atoms with Crippen LogP contribution in [0.15, 0.2) is 47.7 Å². The van der Waals surface area contributed by atoms with Gasteiger partial charge in [-0.2, -0.15) is 0 Å². The zero-order valence-corrected chi connectivity index (χ0v) is 14.7. The molecule has 24 heavy (non-hydrogen) atoms. The number of aliphatic hydroxyl groups is 1. The van der Waals surface area contributed by atoms with Crippen molar-refractivity contribution in [1.29, 1.82) is 0 Å². The number of fused-ring (bicyclic) bond motifs is 1. The van der Waals surface area contributed by atoms with Crippen LogP contribution in [0, 0.1) is 5.92 Å². The van der Waals surface area contributed by atoms with Gasteiger partial charge in [0.25, 0.3) is 0 Å². The van der Waals surface area contributed by atoms with Gasteiger partial charge in [0.05, 0.1) is 5.70 Å². The minimum absolute atomic E-state index is 0.192. The molecule has 0 saturated carbocycles. The summed E-state index contributed by atoms with van der Waals surface area (Å²) in [5.41, 5.74) is 2.98. The summed E-state index contributed by atoms with van der Waals surface area (Å²) >= 11 is 6.22. The molecule has 1 atom stereocenters. The van der Waals surface area contributed by atoms with Crippen molar-refractivity contribution in [2.24, 2.45) is 5.92 Å². The van der Waals surface area contributed by atoms with E-state index in [0.29, 0.717) is 5.02 Å². The number of halogens is 1. The fraction of sp³-hybridized carbons (Fsp3) is 0.400. The molecule has 126 valence electrons. The Bertz CT molecular complexity index is 744. The average molecular weight is 343 g/mol. The molecule has 0 amide bonds. The van der Waals surface area contributed by atoms with Crippen molar-refractivity contribution < 1.29 is 5.11 Å². The highest BCUT2D eigenvalue weighted by atomic mass is 35.5. The fourth-order valence-corrected chi connectivity index (χ4v) is 4.39. The van der Waals surface area contributed by atoms with Gasteiger partial charge in [-0.15, -0.1) is 0 Å². The Kier molecular flexibility index (Phi) is 4.03. The lowest BCUT2D eigenvalue weighted by molar-refractivity contribution is -0.0200. The molecular weight excluding hydrogens is 320 g/mol. The summed E-state index contributed by atoms with van der Waals surface area (Å²) in [6.07, 6.45) is 10.3. The first-order valence-electron chi connectivity index (χ1n) is 8.63. The molecule has 4 heteroatoms. The maximum atomic E-state index is 12.0. The summed E-state index contributed by atoms with van der Waals surface area (Å²) in [7, 11) is 2.15. The third-order valence-electron chi connectivity index (χ3n) is 5.54. The van der Waals surface area contributed by atoms with Crippen LogP contribution in [0.25, 0.3) is 6.08 Å². The van der Waals surface area contributed by atoms with Crippen molar-refractivity contribution in [3.05, 3.63) is 63.8 Å². The maximum Gasteiger partial charge on any atom is 0.133 e. The van der Waals surface area contributed by atoms with Crippen LogP contribution in [0.2, 0.25) is 5.02 Å². The Balaban J connectivity index is 1.89. The Labute approximate surface area is 148 Å². The van der Waals surface area contributed by atoms with Crippen molar-refractivity contribution in [2.45, 2.75) is 18.4 Å². The summed E-state index contributed by atoms with van der Waals surface area (Å²) < 4.78 is 0. The number of piperidine rings is 1. The highest BCUT2D eigenvalue weighted by molar-refractivity contribution is 6.30. The Morgan fingerprint density at radius 3 is 2.79 bits per heavy atom. The summed E-state index contributed by atoms with van der Waals surface area (Å²) in [6.45, 7) is 2.79. The summed E-state index contributed by atoms with van der Waals surface area (Å²) in [5, 5.41) is 16.2. The van der Waals surface area contributed by atoms with Gasteiger partial charge in [-0.05, 0) is 61.8 Å². The third kappa shape index (κ3) is 2.52. The Morgan fingerprint density at radius 2 is 2.00 bits per heavy atom. The quantitative estimate of drug-likeness (QED) is 0.822. The number of hydrogen-bond acceptors (Lipinski definition) is 3. The van der Waals surface area contributed by atoms with Gasteiger partial charge in [-0.3, -0.25) is 0 Å². The van der Waals surface area contributed by atoms with E-state index in [1.54, 1.807) is 0 Å². The van der Waals surface area contributed by atoms with Gasteiger partial charge in [0.15, 0.2) is 0 Å². The molecule has 0 radical (unpaired) electrons. The largest absolute Gasteiger partial charge is 0.382 e. The minimum Gasteiger partial charge on any atom is -0.382 e. The van der Waals surface area contributed by atoms with E-state index in [2.05, 4.69) is 41.6 Å². The molecule has 1 unspecified atom stereocenters. The van der Waals surface area contributed by atoms with Gasteiger partial charge in [-0.1, -0.05) is 42.0 Å². The van der Waals surface area contributed by atoms with Crippen LogP contribution in [0.4, 0.5) is 0 Å². The molecule has 1 aromatic rings. The summed E-state index contributed by atoms with van der Waals surface area (Å²) in [6, 6.07) is 5.84. The molecule has 0 aromatic heterocycles. The van der Waals surface area contributed by atoms with E-state index in [1.165, 1.54) is 0 Å². The van der Waals surface area contributed by atoms with Gasteiger partial charge in [0, 0.05) is 17.5 Å². The first kappa shape index (κ1) is 15.9. The molecule has 1 aromatic carbocycles. The van der Waals surface area contributed by atoms with Gasteiger partial charge >= 0.3 is 0 Å². The normalized spacial score (nSPS) is 27.5. The average Bonchev–Trinajstić information content (AvgIpc) is 2.71. The molecule has 2 aliphatic heterocycles. The number of nitrogens with zero attached hydrogens (tertiary/aromatic N) is 1. The number of rotatable bonds is 1. The molecule has 0 spiro atoms. The zero-order valence-electron chi connectivity index (χ0n) is 13.9. The molecular formula is C20H23ClN2O. The van der Waals surface area contributed by atoms with E-state index in [1.807, 2.05) is 18.2 Å². The standard InChI is InChI=1S/C20H23ClN2O/c1-23-11-8-16(9-12-23)20(24)18-7-6-17(21)13-15(18)5-4-14-3-2-10-22-19(14)20/h2-7,13,16,22,24H,8-12H2,1H3. The lowest BCUT2D eigenvalue weighted by Crippen LogP contribution is -2.47. The van der Waals surface area contributed by atoms with Crippen LogP contribution in [-0.4, -0.2) is 36.7 Å². The smallest absolute Gasteiger partial charge is 0.133 e. The predicted molar refractivity (Wildman–Crippen MR) is 98.8 cm³/mol. The molecule has 2 heterocycles. The molecule has 2 N–H and O–H groups in total. The lowest BCUT2D eigenvalue weighted by Gasteiger charge is -2.43. The predicted octanol–water partition coefficient (Wildman–Crippen LogP) is 3.31. The molecule has 1 aliphatic carbocycles. The van der Waals surface area contributed by atoms with Gasteiger partial charge < -0.3 is 15.3 Å². The van der Waals surface area contributed by atoms with Gasteiger partial charge in [0.1, 0.15) is 5.60 Å². The van der Waals surface area contributed by atoms with E-state index in [9.17, 15) is 5.11 Å². The van der Waals surface area contributed by atoms with Crippen LogP contribution in [-0.2, 0) is 5.60 Å². The van der Waals surface area contributed by atoms with Crippen LogP contribution < -0.4 is 5.32 Å². The Hall–Kier alpha value is -1.55. The van der Waals surface area contributed by atoms with Crippen LogP contribution >= 0.6 is 11.6 Å². The van der Waals surface area contributed by atoms with Crippen molar-refractivity contribution >= 4 is 17.7 Å². The summed E-state index contributed by atoms with van der Waals surface area (Å²) in [5.74, 6) is 0.192. The monoisotopic (exact) mass is 342 g/mol. The van der Waals surface area contributed by atoms with Crippen molar-refractivity contribution in [3.8, 4) is 0 Å². The van der Waals surface area contributed by atoms with Crippen molar-refractivity contribution in [1.82, 2.24) is 10.2 Å². The molecule has 1 fully saturated rings. The topological polar surface area (TPSA) is 35.5 Å². The zero-order chi connectivity index (χ0) is 16.7. The molecule has 1 saturated heterocycles. The SMILES string of the molecule is CN1CCC(C2(O)C3=C(C=CCN3)C=Cc3cc(Cl)ccc32)CC1. The van der Waals surface area contributed by atoms with E-state index < -0.39 is 5.60 Å². The second kappa shape index (κ2) is 6.07. The number of hydrogen-bond donors (Lipinski definition) is 2. The second-order valence-electron chi connectivity index (χ2n) is 7.02. The van der Waals surface area contributed by atoms with E-state index >= 15 is 0 Å². The van der Waals surface area contributed by atoms with Crippen LogP contribution in [0.1, 0.15) is 24.0 Å². The maximum absolute atomic E-state index is 12.0. The first-order chi connectivity index (χ1) is 11.6. The van der Waals surface area contributed by atoms with E-state index in [0.717, 1.165) is 54.9 Å². The lowest BCUT2D eigenvalue weighted by atomic mass is 9.72. The fourth-order valence-electron chi connectivity index (χ4n) is 4.21. The number of allylic oxidation sites excluding steroid dienone is 3. The van der Waals surface area contributed by atoms with Crippen LogP contribution in [0.3, 0.4) is 0 Å². The molecule has 3 aliphatic rings. The highest BCUT2D eigenvalue weighted by Gasteiger charge is 2.45. The number of dihydropyridines is 1. The second-order valence-corrected chi connectivity index (χ2v) is 7.46. The summed E-state index contributed by atoms with van der Waals surface area (Å²) in [4.78, 5) is 2.33. The molecule has 3 nitrogen and oxygen atoms in total. The van der Waals surface area contributed by atoms with Crippen LogP contribution in [0.5, 0.6) is 0 Å². The van der Waals surface area contributed by atoms with Gasteiger partial charge in [0.2, 0.25) is 0 Å². The third-order valence-corrected chi connectivity index (χ3v) is 5.78. The molecule has 0 bridgehead atoms. The van der Waals surface area contributed by atoms with E-state index in [-0.39, 0.29) is 5.92 Å². The number of benzene rings is 1. The first-order valence-corrected chi connectivity index (χ1v) is 9.01. The highest BCUT2D eigenvalue weighted by Crippen LogP contribution is 2.46. The Morgan fingerprint density at radius 1 is 1.21 bits per heavy atom. The minimum atomic E-state index is -0.995. The van der Waals surface area contributed by atoms with E-state index in [4.69, 9.17) is 11.6 Å².